The SMILES string of the molecule is C=C(C)COc1ccc(C(C)C(=O)O)cc1Br. The number of hydrogen-bond acceptors (Lipinski definition) is 2. The number of carbonyl (C=O) groups is 1. The number of rotatable bonds is 5. The van der Waals surface area contributed by atoms with E-state index < -0.39 is 11.9 Å². The van der Waals surface area contributed by atoms with Gasteiger partial charge >= 0.3 is 5.97 Å². The molecule has 3 nitrogen and oxygen atoms in total. The second-order valence-corrected chi connectivity index (χ2v) is 4.85. The third-order valence-electron chi connectivity index (χ3n) is 2.30. The van der Waals surface area contributed by atoms with Crippen molar-refractivity contribution in [2.75, 3.05) is 6.61 Å². The van der Waals surface area contributed by atoms with Crippen LogP contribution >= 0.6 is 15.9 Å². The molecular formula is C13H15BrO3. The molecule has 0 aliphatic heterocycles. The second kappa shape index (κ2) is 5.87. The van der Waals surface area contributed by atoms with Crippen LogP contribution in [0.15, 0.2) is 34.8 Å². The molecule has 0 amide bonds. The molecule has 1 rings (SSSR count). The topological polar surface area (TPSA) is 46.5 Å². The molecule has 17 heavy (non-hydrogen) atoms. The van der Waals surface area contributed by atoms with E-state index in [0.29, 0.717) is 12.4 Å². The molecule has 0 bridgehead atoms. The quantitative estimate of drug-likeness (QED) is 0.845. The zero-order valence-electron chi connectivity index (χ0n) is 9.87. The Morgan fingerprint density at radius 2 is 2.24 bits per heavy atom. The van der Waals surface area contributed by atoms with Crippen molar-refractivity contribution in [3.05, 3.63) is 40.4 Å². The summed E-state index contributed by atoms with van der Waals surface area (Å²) in [6, 6.07) is 5.30. The van der Waals surface area contributed by atoms with Crippen molar-refractivity contribution in [2.24, 2.45) is 0 Å². The molecule has 1 unspecified atom stereocenters. The molecule has 1 aromatic rings. The fraction of sp³-hybridized carbons (Fsp3) is 0.308. The van der Waals surface area contributed by atoms with E-state index in [1.807, 2.05) is 6.92 Å². The lowest BCUT2D eigenvalue weighted by Gasteiger charge is -2.11. The van der Waals surface area contributed by atoms with Gasteiger partial charge < -0.3 is 9.84 Å². The number of carboxylic acid groups (broad SMARTS) is 1. The second-order valence-electron chi connectivity index (χ2n) is 4.00. The number of carboxylic acids is 1. The Morgan fingerprint density at radius 1 is 1.59 bits per heavy atom. The van der Waals surface area contributed by atoms with Gasteiger partial charge in [0.25, 0.3) is 0 Å². The van der Waals surface area contributed by atoms with Crippen molar-refractivity contribution in [1.29, 1.82) is 0 Å². The van der Waals surface area contributed by atoms with Gasteiger partial charge in [0.15, 0.2) is 0 Å². The molecule has 0 heterocycles. The van der Waals surface area contributed by atoms with Gasteiger partial charge in [-0.1, -0.05) is 12.6 Å². The van der Waals surface area contributed by atoms with Crippen molar-refractivity contribution in [3.8, 4) is 5.75 Å². The van der Waals surface area contributed by atoms with Gasteiger partial charge in [0, 0.05) is 0 Å². The number of aliphatic carboxylic acids is 1. The summed E-state index contributed by atoms with van der Waals surface area (Å²) in [4.78, 5) is 10.9. The van der Waals surface area contributed by atoms with Crippen molar-refractivity contribution in [2.45, 2.75) is 19.8 Å². The Bertz CT molecular complexity index is 440. The zero-order chi connectivity index (χ0) is 13.0. The van der Waals surface area contributed by atoms with Crippen molar-refractivity contribution < 1.29 is 14.6 Å². The Kier molecular flexibility index (Phi) is 4.75. The first-order chi connectivity index (χ1) is 7.91. The molecule has 0 saturated carbocycles. The number of benzene rings is 1. The van der Waals surface area contributed by atoms with Crippen LogP contribution in [0.1, 0.15) is 25.3 Å². The van der Waals surface area contributed by atoms with E-state index in [4.69, 9.17) is 9.84 Å². The highest BCUT2D eigenvalue weighted by Gasteiger charge is 2.15. The lowest BCUT2D eigenvalue weighted by atomic mass is 10.0. The summed E-state index contributed by atoms with van der Waals surface area (Å²) < 4.78 is 6.25. The molecule has 0 spiro atoms. The smallest absolute Gasteiger partial charge is 0.310 e. The van der Waals surface area contributed by atoms with Gasteiger partial charge in [-0.25, -0.2) is 0 Å². The normalized spacial score (nSPS) is 11.9. The molecule has 0 aliphatic carbocycles. The van der Waals surface area contributed by atoms with Crippen LogP contribution in [-0.2, 0) is 4.79 Å². The largest absolute Gasteiger partial charge is 0.488 e. The van der Waals surface area contributed by atoms with Gasteiger partial charge in [-0.15, -0.1) is 0 Å². The molecule has 0 fully saturated rings. The third kappa shape index (κ3) is 3.89. The summed E-state index contributed by atoms with van der Waals surface area (Å²) >= 11 is 3.37. The lowest BCUT2D eigenvalue weighted by Crippen LogP contribution is -2.07. The minimum absolute atomic E-state index is 0.451. The summed E-state index contributed by atoms with van der Waals surface area (Å²) in [6.45, 7) is 7.74. The molecule has 1 atom stereocenters. The first-order valence-corrected chi connectivity index (χ1v) is 6.00. The van der Waals surface area contributed by atoms with E-state index in [0.717, 1.165) is 15.6 Å². The molecule has 4 heteroatoms. The lowest BCUT2D eigenvalue weighted by molar-refractivity contribution is -0.138. The van der Waals surface area contributed by atoms with E-state index in [1.54, 1.807) is 25.1 Å². The monoisotopic (exact) mass is 298 g/mol. The standard InChI is InChI=1S/C13H15BrO3/c1-8(2)7-17-12-5-4-10(6-11(12)14)9(3)13(15)16/h4-6,9H,1,7H2,2-3H3,(H,15,16). The number of hydrogen-bond donors (Lipinski definition) is 1. The van der Waals surface area contributed by atoms with E-state index >= 15 is 0 Å². The highest BCUT2D eigenvalue weighted by Crippen LogP contribution is 2.29. The summed E-state index contributed by atoms with van der Waals surface area (Å²) in [6.07, 6.45) is 0. The van der Waals surface area contributed by atoms with Crippen LogP contribution < -0.4 is 4.74 Å². The molecule has 0 aliphatic rings. The maximum Gasteiger partial charge on any atom is 0.310 e. The van der Waals surface area contributed by atoms with Gasteiger partial charge in [0.1, 0.15) is 12.4 Å². The van der Waals surface area contributed by atoms with Crippen LogP contribution in [0.5, 0.6) is 5.75 Å². The Labute approximate surface area is 109 Å². The first kappa shape index (κ1) is 13.8. The Balaban J connectivity index is 2.86. The fourth-order valence-electron chi connectivity index (χ4n) is 1.25. The minimum atomic E-state index is -0.840. The molecule has 0 radical (unpaired) electrons. The average Bonchev–Trinajstić information content (AvgIpc) is 2.26. The van der Waals surface area contributed by atoms with Crippen LogP contribution in [0.4, 0.5) is 0 Å². The number of halogens is 1. The fourth-order valence-corrected chi connectivity index (χ4v) is 1.76. The number of ether oxygens (including phenoxy) is 1. The van der Waals surface area contributed by atoms with Crippen molar-refractivity contribution in [1.82, 2.24) is 0 Å². The third-order valence-corrected chi connectivity index (χ3v) is 2.92. The molecular weight excluding hydrogens is 284 g/mol. The van der Waals surface area contributed by atoms with Gasteiger partial charge in [-0.2, -0.15) is 0 Å². The molecule has 1 N–H and O–H groups in total. The van der Waals surface area contributed by atoms with Gasteiger partial charge in [0.2, 0.25) is 0 Å². The molecule has 1 aromatic carbocycles. The van der Waals surface area contributed by atoms with Crippen LogP contribution in [0.3, 0.4) is 0 Å². The van der Waals surface area contributed by atoms with Gasteiger partial charge in [-0.3, -0.25) is 4.79 Å². The first-order valence-electron chi connectivity index (χ1n) is 5.21. The van der Waals surface area contributed by atoms with Crippen LogP contribution in [0, 0.1) is 0 Å². The Hall–Kier alpha value is -1.29. The summed E-state index contributed by atoms with van der Waals surface area (Å²) in [5.41, 5.74) is 1.67. The summed E-state index contributed by atoms with van der Waals surface area (Å²) in [5, 5.41) is 8.91. The van der Waals surface area contributed by atoms with Crippen molar-refractivity contribution >= 4 is 21.9 Å². The van der Waals surface area contributed by atoms with Gasteiger partial charge in [0.05, 0.1) is 10.4 Å². The van der Waals surface area contributed by atoms with E-state index in [9.17, 15) is 4.79 Å². The molecule has 0 aromatic heterocycles. The van der Waals surface area contributed by atoms with Crippen molar-refractivity contribution in [3.63, 3.8) is 0 Å². The molecule has 92 valence electrons. The maximum absolute atomic E-state index is 10.9. The highest BCUT2D eigenvalue weighted by atomic mass is 79.9. The predicted molar refractivity (Wildman–Crippen MR) is 70.5 cm³/mol. The minimum Gasteiger partial charge on any atom is -0.488 e. The maximum atomic E-state index is 10.9. The van der Waals surface area contributed by atoms with Crippen LogP contribution in [0.25, 0.3) is 0 Å². The highest BCUT2D eigenvalue weighted by molar-refractivity contribution is 9.10. The van der Waals surface area contributed by atoms with E-state index in [2.05, 4.69) is 22.5 Å². The van der Waals surface area contributed by atoms with Crippen LogP contribution in [0.2, 0.25) is 0 Å². The predicted octanol–water partition coefficient (Wildman–Crippen LogP) is 3.59. The summed E-state index contributed by atoms with van der Waals surface area (Å²) in [7, 11) is 0. The average molecular weight is 299 g/mol. The van der Waals surface area contributed by atoms with Gasteiger partial charge in [-0.05, 0) is 53.0 Å². The molecule has 0 saturated heterocycles. The van der Waals surface area contributed by atoms with E-state index in [-0.39, 0.29) is 0 Å². The van der Waals surface area contributed by atoms with Crippen LogP contribution in [-0.4, -0.2) is 17.7 Å². The van der Waals surface area contributed by atoms with E-state index in [1.165, 1.54) is 0 Å². The summed E-state index contributed by atoms with van der Waals surface area (Å²) in [5.74, 6) is -0.677. The Morgan fingerprint density at radius 3 is 2.71 bits per heavy atom. The zero-order valence-corrected chi connectivity index (χ0v) is 11.5.